The van der Waals surface area contributed by atoms with Crippen molar-refractivity contribution in [2.24, 2.45) is 0 Å². The Labute approximate surface area is 93.7 Å². The second kappa shape index (κ2) is 5.20. The van der Waals surface area contributed by atoms with E-state index in [1.54, 1.807) is 30.3 Å². The van der Waals surface area contributed by atoms with Crippen molar-refractivity contribution < 1.29 is 0 Å². The number of nitrogens with one attached hydrogen (secondary N) is 1. The van der Waals surface area contributed by atoms with Gasteiger partial charge in [-0.2, -0.15) is 15.8 Å². The van der Waals surface area contributed by atoms with Crippen molar-refractivity contribution >= 4 is 5.69 Å². The Morgan fingerprint density at radius 1 is 1.25 bits per heavy atom. The molecule has 0 amide bonds. The minimum atomic E-state index is -0.0123. The number of hydrogen-bond donors (Lipinski definition) is 1. The summed E-state index contributed by atoms with van der Waals surface area (Å²) in [4.78, 5) is 0. The molecule has 76 valence electrons. The minimum absolute atomic E-state index is 0.0123. The molecule has 0 aliphatic carbocycles. The summed E-state index contributed by atoms with van der Waals surface area (Å²) in [6.45, 7) is 1.87. The average molecular weight is 208 g/mol. The molecule has 0 atom stereocenters. The quantitative estimate of drug-likeness (QED) is 0.755. The highest BCUT2D eigenvalue weighted by Crippen LogP contribution is 2.16. The summed E-state index contributed by atoms with van der Waals surface area (Å²) in [5.41, 5.74) is 2.16. The lowest BCUT2D eigenvalue weighted by atomic mass is 10.1. The van der Waals surface area contributed by atoms with Gasteiger partial charge in [0.1, 0.15) is 17.7 Å². The summed E-state index contributed by atoms with van der Waals surface area (Å²) in [7, 11) is 0. The van der Waals surface area contributed by atoms with Crippen LogP contribution < -0.4 is 5.32 Å². The Bertz CT molecular complexity index is 534. The van der Waals surface area contributed by atoms with Crippen molar-refractivity contribution in [3.63, 3.8) is 0 Å². The number of nitrogens with zero attached hydrogens (tertiary/aromatic N) is 3. The van der Waals surface area contributed by atoms with Crippen LogP contribution >= 0.6 is 0 Å². The second-order valence-corrected chi connectivity index (χ2v) is 3.07. The lowest BCUT2D eigenvalue weighted by Gasteiger charge is -2.05. The van der Waals surface area contributed by atoms with E-state index in [2.05, 4.69) is 5.32 Å². The Kier molecular flexibility index (Phi) is 3.67. The second-order valence-electron chi connectivity index (χ2n) is 3.07. The fraction of sp³-hybridized carbons (Fsp3) is 0.0833. The van der Waals surface area contributed by atoms with Crippen LogP contribution in [0.2, 0.25) is 0 Å². The summed E-state index contributed by atoms with van der Waals surface area (Å²) in [6.07, 6.45) is 1.32. The molecule has 0 bridgehead atoms. The van der Waals surface area contributed by atoms with Gasteiger partial charge >= 0.3 is 0 Å². The molecule has 0 saturated heterocycles. The topological polar surface area (TPSA) is 83.4 Å². The van der Waals surface area contributed by atoms with Gasteiger partial charge in [0.2, 0.25) is 0 Å². The van der Waals surface area contributed by atoms with E-state index in [9.17, 15) is 0 Å². The molecule has 0 spiro atoms. The summed E-state index contributed by atoms with van der Waals surface area (Å²) >= 11 is 0. The maximum atomic E-state index is 8.72. The number of allylic oxidation sites excluding steroid dienone is 1. The van der Waals surface area contributed by atoms with E-state index in [-0.39, 0.29) is 5.57 Å². The summed E-state index contributed by atoms with van der Waals surface area (Å²) < 4.78 is 0. The molecule has 1 N–H and O–H groups in total. The van der Waals surface area contributed by atoms with Gasteiger partial charge in [0, 0.05) is 11.9 Å². The fourth-order valence-corrected chi connectivity index (χ4v) is 1.09. The Balaban J connectivity index is 3.00. The van der Waals surface area contributed by atoms with Gasteiger partial charge < -0.3 is 5.32 Å². The third-order valence-corrected chi connectivity index (χ3v) is 1.98. The minimum Gasteiger partial charge on any atom is -0.360 e. The van der Waals surface area contributed by atoms with Gasteiger partial charge in [-0.1, -0.05) is 6.07 Å². The third kappa shape index (κ3) is 2.61. The number of hydrogen-bond acceptors (Lipinski definition) is 4. The molecule has 0 heterocycles. The van der Waals surface area contributed by atoms with E-state index in [0.717, 1.165) is 5.56 Å². The zero-order valence-electron chi connectivity index (χ0n) is 8.65. The van der Waals surface area contributed by atoms with E-state index in [1.807, 2.05) is 13.0 Å². The van der Waals surface area contributed by atoms with Crippen molar-refractivity contribution in [2.75, 3.05) is 5.32 Å². The zero-order chi connectivity index (χ0) is 12.0. The molecule has 0 unspecified atom stereocenters. The molecule has 0 saturated carbocycles. The standard InChI is InChI=1S/C12H8N4/c1-9-2-3-10(5-13)4-12(9)16-8-11(6-14)7-15/h2-4,8,16H,1H3. The van der Waals surface area contributed by atoms with Crippen LogP contribution in [0.15, 0.2) is 30.0 Å². The number of anilines is 1. The predicted octanol–water partition coefficient (Wildman–Crippen LogP) is 2.21. The molecule has 1 aromatic carbocycles. The highest BCUT2D eigenvalue weighted by Gasteiger charge is 1.99. The van der Waals surface area contributed by atoms with Gasteiger partial charge in [-0.25, -0.2) is 0 Å². The maximum Gasteiger partial charge on any atom is 0.145 e. The smallest absolute Gasteiger partial charge is 0.145 e. The molecule has 0 aromatic heterocycles. The fourth-order valence-electron chi connectivity index (χ4n) is 1.09. The van der Waals surface area contributed by atoms with Crippen LogP contribution in [0.1, 0.15) is 11.1 Å². The first-order chi connectivity index (χ1) is 7.71. The SMILES string of the molecule is Cc1ccc(C#N)cc1NC=C(C#N)C#N. The van der Waals surface area contributed by atoms with Crippen LogP contribution in [0.5, 0.6) is 0 Å². The Hall–Kier alpha value is -2.77. The number of nitriles is 3. The maximum absolute atomic E-state index is 8.72. The third-order valence-electron chi connectivity index (χ3n) is 1.98. The molecule has 0 radical (unpaired) electrons. The van der Waals surface area contributed by atoms with E-state index in [4.69, 9.17) is 15.8 Å². The lowest BCUT2D eigenvalue weighted by Crippen LogP contribution is -1.93. The number of aryl methyl sites for hydroxylation is 1. The van der Waals surface area contributed by atoms with Crippen LogP contribution in [0, 0.1) is 40.9 Å². The van der Waals surface area contributed by atoms with Crippen LogP contribution in [0.3, 0.4) is 0 Å². The van der Waals surface area contributed by atoms with Crippen LogP contribution in [-0.2, 0) is 0 Å². The van der Waals surface area contributed by atoms with Gasteiger partial charge in [0.15, 0.2) is 0 Å². The van der Waals surface area contributed by atoms with Crippen LogP contribution in [0.4, 0.5) is 5.69 Å². The summed E-state index contributed by atoms with van der Waals surface area (Å²) in [6, 6.07) is 10.7. The van der Waals surface area contributed by atoms with Crippen molar-refractivity contribution in [3.8, 4) is 18.2 Å². The van der Waals surface area contributed by atoms with Crippen molar-refractivity contribution in [3.05, 3.63) is 41.1 Å². The lowest BCUT2D eigenvalue weighted by molar-refractivity contribution is 1.39. The molecular formula is C12H8N4. The molecule has 16 heavy (non-hydrogen) atoms. The normalized spacial score (nSPS) is 8.12. The van der Waals surface area contributed by atoms with Gasteiger partial charge in [-0.15, -0.1) is 0 Å². The predicted molar refractivity (Wildman–Crippen MR) is 58.8 cm³/mol. The van der Waals surface area contributed by atoms with Crippen molar-refractivity contribution in [1.29, 1.82) is 15.8 Å². The molecule has 0 fully saturated rings. The zero-order valence-corrected chi connectivity index (χ0v) is 8.65. The van der Waals surface area contributed by atoms with E-state index in [1.165, 1.54) is 6.20 Å². The van der Waals surface area contributed by atoms with E-state index >= 15 is 0 Å². The van der Waals surface area contributed by atoms with E-state index in [0.29, 0.717) is 11.3 Å². The van der Waals surface area contributed by atoms with Gasteiger partial charge in [-0.3, -0.25) is 0 Å². The highest BCUT2D eigenvalue weighted by molar-refractivity contribution is 5.57. The van der Waals surface area contributed by atoms with Gasteiger partial charge in [0.05, 0.1) is 11.6 Å². The molecule has 0 aliphatic heterocycles. The summed E-state index contributed by atoms with van der Waals surface area (Å²) in [5.74, 6) is 0. The molecule has 4 nitrogen and oxygen atoms in total. The van der Waals surface area contributed by atoms with E-state index < -0.39 is 0 Å². The van der Waals surface area contributed by atoms with Crippen molar-refractivity contribution in [2.45, 2.75) is 6.92 Å². The molecule has 1 aromatic rings. The highest BCUT2D eigenvalue weighted by atomic mass is 14.8. The average Bonchev–Trinajstić information content (AvgIpc) is 2.32. The monoisotopic (exact) mass is 208 g/mol. The van der Waals surface area contributed by atoms with Crippen LogP contribution in [0.25, 0.3) is 0 Å². The van der Waals surface area contributed by atoms with Crippen LogP contribution in [-0.4, -0.2) is 0 Å². The number of rotatable bonds is 2. The molecular weight excluding hydrogens is 200 g/mol. The summed E-state index contributed by atoms with van der Waals surface area (Å²) in [5, 5.41) is 28.6. The Morgan fingerprint density at radius 2 is 1.94 bits per heavy atom. The van der Waals surface area contributed by atoms with Gasteiger partial charge in [-0.05, 0) is 24.6 Å². The largest absolute Gasteiger partial charge is 0.360 e. The number of benzene rings is 1. The molecule has 4 heteroatoms. The first-order valence-electron chi connectivity index (χ1n) is 4.49. The van der Waals surface area contributed by atoms with Gasteiger partial charge in [0.25, 0.3) is 0 Å². The molecule has 1 rings (SSSR count). The van der Waals surface area contributed by atoms with Crippen molar-refractivity contribution in [1.82, 2.24) is 0 Å². The first-order valence-corrected chi connectivity index (χ1v) is 4.49. The first kappa shape index (κ1) is 11.3. The Morgan fingerprint density at radius 3 is 2.50 bits per heavy atom. The molecule has 0 aliphatic rings.